The number of primary amides is 1. The molecule has 13 heteroatoms. The number of carbonyl (C=O) groups is 4. The highest BCUT2D eigenvalue weighted by atomic mass is 35.5. The number of pyridine rings is 1. The van der Waals surface area contributed by atoms with Crippen LogP contribution in [0.4, 0.5) is 5.82 Å². The molecule has 12 nitrogen and oxygen atoms in total. The molecule has 240 valence electrons. The number of nitrogens with two attached hydrogens (primary N) is 1. The van der Waals surface area contributed by atoms with E-state index in [4.69, 9.17) is 17.3 Å². The summed E-state index contributed by atoms with van der Waals surface area (Å²) in [6, 6.07) is 6.22. The molecule has 0 bridgehead atoms. The van der Waals surface area contributed by atoms with E-state index in [-0.39, 0.29) is 53.7 Å². The molecule has 2 aromatic heterocycles. The van der Waals surface area contributed by atoms with Crippen LogP contribution in [0.5, 0.6) is 0 Å². The lowest BCUT2D eigenvalue weighted by Gasteiger charge is -2.42. The number of aromatic carboxylic acids is 1. The van der Waals surface area contributed by atoms with Crippen molar-refractivity contribution in [2.75, 3.05) is 11.9 Å². The van der Waals surface area contributed by atoms with Crippen LogP contribution in [0.15, 0.2) is 30.5 Å². The van der Waals surface area contributed by atoms with Crippen molar-refractivity contribution in [3.8, 4) is 0 Å². The third-order valence-electron chi connectivity index (χ3n) is 9.16. The standard InChI is InChI=1S/C32H40ClN7O5/c1-17(2)38-13-12-20(14-24(38)29(34)42)22-9-10-23-28(27(22)31(43)40-18(3)6-5-7-19(40)4)37-30(32(44)45)39(23)16-26(41)36-25-11-8-21(33)15-35-25/h8-11,15,17-20,24H,5-7,12-14,16H2,1-4H3,(H2,34,42)(H,44,45)(H,35,36,41). The molecule has 0 saturated carbocycles. The highest BCUT2D eigenvalue weighted by Gasteiger charge is 2.39. The van der Waals surface area contributed by atoms with Crippen LogP contribution in [0.3, 0.4) is 0 Å². The number of fused-ring (bicyclic) bond motifs is 1. The summed E-state index contributed by atoms with van der Waals surface area (Å²) in [5, 5.41) is 13.2. The van der Waals surface area contributed by atoms with E-state index in [1.54, 1.807) is 12.1 Å². The molecule has 4 unspecified atom stereocenters. The Labute approximate surface area is 266 Å². The fourth-order valence-electron chi connectivity index (χ4n) is 6.99. The predicted molar refractivity (Wildman–Crippen MR) is 170 cm³/mol. The molecule has 4 heterocycles. The molecule has 1 aromatic carbocycles. The molecule has 0 aliphatic carbocycles. The number of likely N-dealkylation sites (tertiary alicyclic amines) is 2. The Morgan fingerprint density at radius 3 is 2.40 bits per heavy atom. The first-order chi connectivity index (χ1) is 21.4. The second kappa shape index (κ2) is 13.1. The van der Waals surface area contributed by atoms with Gasteiger partial charge in [0.2, 0.25) is 17.6 Å². The Bertz CT molecular complexity index is 1610. The first kappa shape index (κ1) is 32.4. The summed E-state index contributed by atoms with van der Waals surface area (Å²) in [5.41, 5.74) is 7.46. The number of aromatic nitrogens is 3. The Morgan fingerprint density at radius 2 is 1.80 bits per heavy atom. The summed E-state index contributed by atoms with van der Waals surface area (Å²) in [7, 11) is 0. The number of rotatable bonds is 8. The van der Waals surface area contributed by atoms with Gasteiger partial charge in [-0.2, -0.15) is 0 Å². The lowest BCUT2D eigenvalue weighted by molar-refractivity contribution is -0.125. The fraction of sp³-hybridized carbons (Fsp3) is 0.500. The summed E-state index contributed by atoms with van der Waals surface area (Å²) in [5.74, 6) is -2.79. The van der Waals surface area contributed by atoms with E-state index < -0.39 is 23.8 Å². The maximum Gasteiger partial charge on any atom is 0.372 e. The number of nitrogens with zero attached hydrogens (tertiary/aromatic N) is 5. The number of imidazole rings is 1. The van der Waals surface area contributed by atoms with Gasteiger partial charge in [0.05, 0.1) is 22.1 Å². The maximum absolute atomic E-state index is 14.6. The minimum atomic E-state index is -1.33. The number of nitrogens with one attached hydrogen (secondary N) is 1. The molecule has 2 aliphatic heterocycles. The van der Waals surface area contributed by atoms with Crippen LogP contribution in [-0.4, -0.2) is 83.8 Å². The Kier molecular flexibility index (Phi) is 9.45. The summed E-state index contributed by atoms with van der Waals surface area (Å²) < 4.78 is 1.31. The second-order valence-corrected chi connectivity index (χ2v) is 12.9. The summed E-state index contributed by atoms with van der Waals surface area (Å²) in [6.07, 6.45) is 5.21. The maximum atomic E-state index is 14.6. The van der Waals surface area contributed by atoms with Gasteiger partial charge in [0, 0.05) is 24.3 Å². The van der Waals surface area contributed by atoms with Gasteiger partial charge in [0.25, 0.3) is 5.91 Å². The van der Waals surface area contributed by atoms with Crippen LogP contribution in [-0.2, 0) is 16.1 Å². The molecule has 0 radical (unpaired) electrons. The highest BCUT2D eigenvalue weighted by molar-refractivity contribution is 6.30. The number of hydrogen-bond acceptors (Lipinski definition) is 7. The molecule has 2 saturated heterocycles. The van der Waals surface area contributed by atoms with Gasteiger partial charge in [0.1, 0.15) is 17.9 Å². The number of anilines is 1. The molecule has 3 aromatic rings. The van der Waals surface area contributed by atoms with Gasteiger partial charge in [-0.25, -0.2) is 14.8 Å². The van der Waals surface area contributed by atoms with Gasteiger partial charge in [-0.15, -0.1) is 0 Å². The van der Waals surface area contributed by atoms with E-state index in [0.717, 1.165) is 19.3 Å². The van der Waals surface area contributed by atoms with E-state index in [9.17, 15) is 24.3 Å². The smallest absolute Gasteiger partial charge is 0.372 e. The van der Waals surface area contributed by atoms with Gasteiger partial charge < -0.3 is 25.6 Å². The van der Waals surface area contributed by atoms with E-state index in [2.05, 4.69) is 20.2 Å². The number of benzene rings is 1. The van der Waals surface area contributed by atoms with Crippen molar-refractivity contribution < 1.29 is 24.3 Å². The summed E-state index contributed by atoms with van der Waals surface area (Å²) in [6.45, 7) is 8.33. The number of piperidine rings is 2. The lowest BCUT2D eigenvalue weighted by atomic mass is 9.81. The van der Waals surface area contributed by atoms with Crippen molar-refractivity contribution in [2.24, 2.45) is 5.73 Å². The third-order valence-corrected chi connectivity index (χ3v) is 9.38. The number of carboxylic acids is 1. The zero-order valence-corrected chi connectivity index (χ0v) is 26.8. The molecule has 4 N–H and O–H groups in total. The average molecular weight is 638 g/mol. The van der Waals surface area contributed by atoms with Crippen LogP contribution in [0.1, 0.15) is 92.3 Å². The van der Waals surface area contributed by atoms with Crippen molar-refractivity contribution in [2.45, 2.75) is 96.4 Å². The topological polar surface area (TPSA) is 164 Å². The molecule has 2 aliphatic rings. The van der Waals surface area contributed by atoms with Crippen LogP contribution in [0, 0.1) is 0 Å². The molecule has 2 fully saturated rings. The van der Waals surface area contributed by atoms with E-state index in [0.29, 0.717) is 41.1 Å². The van der Waals surface area contributed by atoms with Gasteiger partial charge in [-0.05, 0) is 96.0 Å². The van der Waals surface area contributed by atoms with Crippen molar-refractivity contribution >= 4 is 52.1 Å². The Morgan fingerprint density at radius 1 is 1.09 bits per heavy atom. The SMILES string of the molecule is CC(C)N1CCC(c2ccc3c(nc(C(=O)O)n3CC(=O)Nc3ccc(Cl)cn3)c2C(=O)N2C(C)CCCC2C)CC1C(N)=O. The second-order valence-electron chi connectivity index (χ2n) is 12.4. The zero-order chi connectivity index (χ0) is 32.6. The predicted octanol–water partition coefficient (Wildman–Crippen LogP) is 4.27. The fourth-order valence-corrected chi connectivity index (χ4v) is 7.10. The van der Waals surface area contributed by atoms with Crippen molar-refractivity contribution in [3.63, 3.8) is 0 Å². The van der Waals surface area contributed by atoms with Crippen LogP contribution in [0.25, 0.3) is 11.0 Å². The first-order valence-corrected chi connectivity index (χ1v) is 15.8. The molecule has 4 atom stereocenters. The molecule has 5 rings (SSSR count). The average Bonchev–Trinajstić information content (AvgIpc) is 3.35. The summed E-state index contributed by atoms with van der Waals surface area (Å²) >= 11 is 5.90. The highest BCUT2D eigenvalue weighted by Crippen LogP contribution is 2.39. The molecule has 0 spiro atoms. The van der Waals surface area contributed by atoms with E-state index >= 15 is 0 Å². The normalized spacial score (nSPS) is 22.5. The lowest BCUT2D eigenvalue weighted by Crippen LogP contribution is -2.52. The van der Waals surface area contributed by atoms with Gasteiger partial charge in [0.15, 0.2) is 0 Å². The largest absolute Gasteiger partial charge is 0.475 e. The van der Waals surface area contributed by atoms with Gasteiger partial charge in [-0.3, -0.25) is 19.3 Å². The van der Waals surface area contributed by atoms with Crippen molar-refractivity contribution in [3.05, 3.63) is 52.4 Å². The molecular weight excluding hydrogens is 598 g/mol. The number of amides is 3. The van der Waals surface area contributed by atoms with Crippen LogP contribution < -0.4 is 11.1 Å². The number of carboxylic acid groups (broad SMARTS) is 1. The molecule has 3 amide bonds. The number of halogens is 1. The minimum Gasteiger partial charge on any atom is -0.475 e. The van der Waals surface area contributed by atoms with Gasteiger partial charge in [-0.1, -0.05) is 17.7 Å². The van der Waals surface area contributed by atoms with Crippen LogP contribution in [0.2, 0.25) is 5.02 Å². The quantitative estimate of drug-likeness (QED) is 0.330. The van der Waals surface area contributed by atoms with Crippen molar-refractivity contribution in [1.29, 1.82) is 0 Å². The Hall–Kier alpha value is -4.03. The number of hydrogen-bond donors (Lipinski definition) is 3. The summed E-state index contributed by atoms with van der Waals surface area (Å²) in [4.78, 5) is 65.2. The monoisotopic (exact) mass is 637 g/mol. The minimum absolute atomic E-state index is 0.0239. The van der Waals surface area contributed by atoms with E-state index in [1.807, 2.05) is 38.7 Å². The zero-order valence-electron chi connectivity index (χ0n) is 26.0. The first-order valence-electron chi connectivity index (χ1n) is 15.4. The van der Waals surface area contributed by atoms with Crippen LogP contribution >= 0.6 is 11.6 Å². The number of carbonyl (C=O) groups excluding carboxylic acids is 3. The third kappa shape index (κ3) is 6.53. The Balaban J connectivity index is 1.62. The molecule has 45 heavy (non-hydrogen) atoms. The van der Waals surface area contributed by atoms with Crippen molar-refractivity contribution in [1.82, 2.24) is 24.3 Å². The van der Waals surface area contributed by atoms with E-state index in [1.165, 1.54) is 16.8 Å². The molecular formula is C32H40ClN7O5. The van der Waals surface area contributed by atoms with Gasteiger partial charge >= 0.3 is 5.97 Å².